The Labute approximate surface area is 173 Å². The quantitative estimate of drug-likeness (QED) is 0.618. The number of hydrogen-bond acceptors (Lipinski definition) is 6. The average molecular weight is 418 g/mol. The molecule has 28 heavy (non-hydrogen) atoms. The van der Waals surface area contributed by atoms with Gasteiger partial charge in [0.05, 0.1) is 22.0 Å². The van der Waals surface area contributed by atoms with E-state index in [1.165, 1.54) is 11.3 Å². The van der Waals surface area contributed by atoms with Crippen molar-refractivity contribution in [2.24, 2.45) is 0 Å². The first-order valence-corrected chi connectivity index (χ1v) is 10.9. The molecule has 1 fully saturated rings. The molecule has 0 radical (unpaired) electrons. The number of nitrogens with one attached hydrogen (secondary N) is 1. The summed E-state index contributed by atoms with van der Waals surface area (Å²) in [7, 11) is 0. The molecular formula is C21H24ClN3O2S. The maximum Gasteiger partial charge on any atom is 0.132 e. The highest BCUT2D eigenvalue weighted by Gasteiger charge is 2.22. The lowest BCUT2D eigenvalue weighted by Crippen LogP contribution is -2.37. The molecule has 0 bridgehead atoms. The lowest BCUT2D eigenvalue weighted by atomic mass is 10.0. The van der Waals surface area contributed by atoms with E-state index in [1.807, 2.05) is 32.0 Å². The molecule has 4 rings (SSSR count). The minimum atomic E-state index is -0.489. The zero-order chi connectivity index (χ0) is 19.7. The lowest BCUT2D eigenvalue weighted by Gasteiger charge is -2.26. The largest absolute Gasteiger partial charge is 0.488 e. The standard InChI is InChI=1S/C21H24ClN3O2S/c1-3-17(26)18-9-16-21(28-18)19(25-11-24-16)15-8-13(22)7-12(2)20(15)27-14-5-4-6-23-10-14/h7-9,11,14,17,23,26H,3-6,10H2,1-2H3. The molecule has 1 aliphatic heterocycles. The second kappa shape index (κ2) is 8.33. The fourth-order valence-electron chi connectivity index (χ4n) is 3.58. The van der Waals surface area contributed by atoms with Crippen LogP contribution in [0.15, 0.2) is 24.5 Å². The molecule has 7 heteroatoms. The van der Waals surface area contributed by atoms with E-state index in [0.717, 1.165) is 63.6 Å². The van der Waals surface area contributed by atoms with Crippen molar-refractivity contribution in [3.8, 4) is 17.0 Å². The van der Waals surface area contributed by atoms with Gasteiger partial charge in [-0.05, 0) is 56.5 Å². The number of nitrogens with zero attached hydrogens (tertiary/aromatic N) is 2. The summed E-state index contributed by atoms with van der Waals surface area (Å²) in [6.07, 6.45) is 4.00. The Balaban J connectivity index is 1.83. The molecule has 3 heterocycles. The third-order valence-corrected chi connectivity index (χ3v) is 6.53. The van der Waals surface area contributed by atoms with E-state index in [-0.39, 0.29) is 6.10 Å². The Morgan fingerprint density at radius 3 is 2.96 bits per heavy atom. The fourth-order valence-corrected chi connectivity index (χ4v) is 5.04. The van der Waals surface area contributed by atoms with Gasteiger partial charge in [-0.25, -0.2) is 9.97 Å². The summed E-state index contributed by atoms with van der Waals surface area (Å²) in [4.78, 5) is 9.87. The number of aryl methyl sites for hydroxylation is 1. The number of ether oxygens (including phenoxy) is 1. The molecule has 2 atom stereocenters. The third kappa shape index (κ3) is 3.87. The summed E-state index contributed by atoms with van der Waals surface area (Å²) in [6.45, 7) is 5.86. The van der Waals surface area contributed by atoms with Crippen molar-refractivity contribution >= 4 is 33.2 Å². The highest BCUT2D eigenvalue weighted by molar-refractivity contribution is 7.19. The van der Waals surface area contributed by atoms with Crippen LogP contribution in [0.4, 0.5) is 0 Å². The van der Waals surface area contributed by atoms with Crippen molar-refractivity contribution in [2.45, 2.75) is 45.3 Å². The van der Waals surface area contributed by atoms with Crippen LogP contribution in [-0.4, -0.2) is 34.3 Å². The average Bonchev–Trinajstić information content (AvgIpc) is 3.14. The predicted octanol–water partition coefficient (Wildman–Crippen LogP) is 4.89. The van der Waals surface area contributed by atoms with Gasteiger partial charge in [0.1, 0.15) is 18.2 Å². The summed E-state index contributed by atoms with van der Waals surface area (Å²) in [6, 6.07) is 5.79. The van der Waals surface area contributed by atoms with Gasteiger partial charge in [0.25, 0.3) is 0 Å². The Kier molecular flexibility index (Phi) is 5.83. The predicted molar refractivity (Wildman–Crippen MR) is 114 cm³/mol. The summed E-state index contributed by atoms with van der Waals surface area (Å²) in [5.41, 5.74) is 3.50. The Morgan fingerprint density at radius 1 is 1.36 bits per heavy atom. The number of halogens is 1. The first kappa shape index (κ1) is 19.6. The van der Waals surface area contributed by atoms with Crippen molar-refractivity contribution in [1.82, 2.24) is 15.3 Å². The van der Waals surface area contributed by atoms with Crippen molar-refractivity contribution in [3.05, 3.63) is 40.0 Å². The van der Waals surface area contributed by atoms with E-state index in [2.05, 4.69) is 15.3 Å². The van der Waals surface area contributed by atoms with Crippen LogP contribution in [0.3, 0.4) is 0 Å². The minimum absolute atomic E-state index is 0.130. The number of thiophene rings is 1. The smallest absolute Gasteiger partial charge is 0.132 e. The van der Waals surface area contributed by atoms with Crippen molar-refractivity contribution < 1.29 is 9.84 Å². The summed E-state index contributed by atoms with van der Waals surface area (Å²) < 4.78 is 7.37. The first-order valence-electron chi connectivity index (χ1n) is 9.67. The van der Waals surface area contributed by atoms with Gasteiger partial charge in [0.2, 0.25) is 0 Å². The topological polar surface area (TPSA) is 67.3 Å². The van der Waals surface area contributed by atoms with Gasteiger partial charge < -0.3 is 15.2 Å². The first-order chi connectivity index (χ1) is 13.6. The number of aliphatic hydroxyl groups is 1. The van der Waals surface area contributed by atoms with E-state index in [0.29, 0.717) is 11.4 Å². The van der Waals surface area contributed by atoms with Crippen LogP contribution in [0.5, 0.6) is 5.75 Å². The molecule has 1 aliphatic rings. The van der Waals surface area contributed by atoms with Gasteiger partial charge in [-0.1, -0.05) is 18.5 Å². The van der Waals surface area contributed by atoms with Crippen LogP contribution in [-0.2, 0) is 0 Å². The molecular weight excluding hydrogens is 394 g/mol. The molecule has 5 nitrogen and oxygen atoms in total. The molecule has 0 saturated carbocycles. The van der Waals surface area contributed by atoms with E-state index < -0.39 is 6.10 Å². The fraction of sp³-hybridized carbons (Fsp3) is 0.429. The highest BCUT2D eigenvalue weighted by atomic mass is 35.5. The van der Waals surface area contributed by atoms with Gasteiger partial charge >= 0.3 is 0 Å². The molecule has 0 spiro atoms. The van der Waals surface area contributed by atoms with Crippen molar-refractivity contribution in [3.63, 3.8) is 0 Å². The van der Waals surface area contributed by atoms with Gasteiger partial charge in [-0.15, -0.1) is 11.3 Å². The van der Waals surface area contributed by atoms with Crippen LogP contribution >= 0.6 is 22.9 Å². The summed E-state index contributed by atoms with van der Waals surface area (Å²) in [5, 5.41) is 14.3. The van der Waals surface area contributed by atoms with E-state index in [1.54, 1.807) is 6.33 Å². The van der Waals surface area contributed by atoms with Crippen molar-refractivity contribution in [1.29, 1.82) is 0 Å². The Morgan fingerprint density at radius 2 is 2.21 bits per heavy atom. The van der Waals surface area contributed by atoms with Gasteiger partial charge in [-0.2, -0.15) is 0 Å². The number of aliphatic hydroxyl groups excluding tert-OH is 1. The Hall–Kier alpha value is -1.73. The maximum atomic E-state index is 10.3. The molecule has 0 aliphatic carbocycles. The molecule has 0 amide bonds. The minimum Gasteiger partial charge on any atom is -0.488 e. The van der Waals surface area contributed by atoms with E-state index in [9.17, 15) is 5.11 Å². The van der Waals surface area contributed by atoms with Crippen LogP contribution < -0.4 is 10.1 Å². The van der Waals surface area contributed by atoms with Crippen LogP contribution in [0, 0.1) is 6.92 Å². The summed E-state index contributed by atoms with van der Waals surface area (Å²) >= 11 is 7.93. The molecule has 3 aromatic rings. The van der Waals surface area contributed by atoms with Gasteiger partial charge in [0, 0.05) is 22.0 Å². The number of benzene rings is 1. The zero-order valence-electron chi connectivity index (χ0n) is 16.0. The normalized spacial score (nSPS) is 18.4. The van der Waals surface area contributed by atoms with Crippen molar-refractivity contribution in [2.75, 3.05) is 13.1 Å². The number of piperidine rings is 1. The number of fused-ring (bicyclic) bond motifs is 1. The van der Waals surface area contributed by atoms with Crippen LogP contribution in [0.25, 0.3) is 21.5 Å². The second-order valence-electron chi connectivity index (χ2n) is 7.20. The Bertz CT molecular complexity index is 985. The molecule has 148 valence electrons. The molecule has 1 saturated heterocycles. The molecule has 1 aromatic carbocycles. The maximum absolute atomic E-state index is 10.3. The lowest BCUT2D eigenvalue weighted by molar-refractivity contribution is 0.167. The monoisotopic (exact) mass is 417 g/mol. The molecule has 2 aromatic heterocycles. The molecule has 2 unspecified atom stereocenters. The SMILES string of the molecule is CCC(O)c1cc2ncnc(-c3cc(Cl)cc(C)c3OC3CCCNC3)c2s1. The van der Waals surface area contributed by atoms with Crippen LogP contribution in [0.1, 0.15) is 42.7 Å². The van der Waals surface area contributed by atoms with Crippen LogP contribution in [0.2, 0.25) is 5.02 Å². The number of hydrogen-bond donors (Lipinski definition) is 2. The van der Waals surface area contributed by atoms with Gasteiger partial charge in [0.15, 0.2) is 0 Å². The summed E-state index contributed by atoms with van der Waals surface area (Å²) in [5.74, 6) is 0.823. The number of aromatic nitrogens is 2. The molecule has 2 N–H and O–H groups in total. The zero-order valence-corrected chi connectivity index (χ0v) is 17.6. The highest BCUT2D eigenvalue weighted by Crippen LogP contribution is 2.41. The van der Waals surface area contributed by atoms with E-state index in [4.69, 9.17) is 16.3 Å². The van der Waals surface area contributed by atoms with E-state index >= 15 is 0 Å². The van der Waals surface area contributed by atoms with Gasteiger partial charge in [-0.3, -0.25) is 0 Å². The second-order valence-corrected chi connectivity index (χ2v) is 8.72. The number of rotatable bonds is 5. The third-order valence-electron chi connectivity index (χ3n) is 5.08.